The number of amides is 1. The predicted molar refractivity (Wildman–Crippen MR) is 156 cm³/mol. The number of imidazole rings is 1. The molecule has 12 heteroatoms. The summed E-state index contributed by atoms with van der Waals surface area (Å²) in [7, 11) is 5.50. The minimum absolute atomic E-state index is 0.0607. The molecule has 0 bridgehead atoms. The molecule has 0 radical (unpaired) electrons. The third-order valence-electron chi connectivity index (χ3n) is 6.96. The first-order chi connectivity index (χ1) is 19.3. The number of hydrogen-bond acceptors (Lipinski definition) is 7. The van der Waals surface area contributed by atoms with Crippen molar-refractivity contribution in [3.63, 3.8) is 0 Å². The van der Waals surface area contributed by atoms with Crippen LogP contribution in [-0.2, 0) is 0 Å². The Kier molecular flexibility index (Phi) is 8.41. The minimum atomic E-state index is -0.639. The monoisotopic (exact) mass is 585 g/mol. The number of carbonyl (C=O) groups excluding carboxylic acids is 1. The molecule has 1 N–H and O–H groups in total. The van der Waals surface area contributed by atoms with Crippen LogP contribution in [0.5, 0.6) is 5.75 Å². The van der Waals surface area contributed by atoms with E-state index in [1.807, 2.05) is 4.90 Å². The molecule has 1 aliphatic rings. The molecule has 1 fully saturated rings. The number of methoxy groups -OCH3 is 1. The summed E-state index contributed by atoms with van der Waals surface area (Å²) >= 11 is 12.9. The van der Waals surface area contributed by atoms with Gasteiger partial charge in [-0.3, -0.25) is 14.1 Å². The summed E-state index contributed by atoms with van der Waals surface area (Å²) < 4.78 is 21.4. The number of benzene rings is 2. The average Bonchev–Trinajstić information content (AvgIpc) is 3.38. The standard InChI is InChI=1S/C28H30Cl2FN7O2/c1-35(2)10-11-36-12-14-37(15-13-36)28(39)19-5-4-18(16-21(19)29)34-26-27-33-17-22(38(27)9-8-32-26)20-6-7-23(40-3)25(31)24(20)30/h4-9,16-17H,10-15H2,1-3H3,(H,32,34). The van der Waals surface area contributed by atoms with Crippen molar-refractivity contribution in [1.29, 1.82) is 0 Å². The van der Waals surface area contributed by atoms with E-state index in [0.29, 0.717) is 52.1 Å². The number of piperazine rings is 1. The SMILES string of the molecule is COc1ccc(-c2cnc3c(Nc4ccc(C(=O)N5CCN(CCN(C)C)CC5)c(Cl)c4)nccn23)c(Cl)c1F. The molecule has 0 saturated carbocycles. The summed E-state index contributed by atoms with van der Waals surface area (Å²) in [6, 6.07) is 8.42. The van der Waals surface area contributed by atoms with E-state index in [0.717, 1.165) is 26.2 Å². The Balaban J connectivity index is 1.32. The predicted octanol–water partition coefficient (Wildman–Crippen LogP) is 4.91. The summed E-state index contributed by atoms with van der Waals surface area (Å²) in [6.07, 6.45) is 4.92. The first kappa shape index (κ1) is 28.1. The van der Waals surface area contributed by atoms with Crippen molar-refractivity contribution in [2.24, 2.45) is 0 Å². The van der Waals surface area contributed by atoms with E-state index in [-0.39, 0.29) is 16.7 Å². The second-order valence-electron chi connectivity index (χ2n) is 9.81. The van der Waals surface area contributed by atoms with Crippen LogP contribution in [0.1, 0.15) is 10.4 Å². The van der Waals surface area contributed by atoms with Crippen LogP contribution in [0.2, 0.25) is 10.0 Å². The fraction of sp³-hybridized carbons (Fsp3) is 0.321. The van der Waals surface area contributed by atoms with E-state index in [4.69, 9.17) is 27.9 Å². The van der Waals surface area contributed by atoms with Crippen molar-refractivity contribution in [1.82, 2.24) is 29.1 Å². The highest BCUT2D eigenvalue weighted by Gasteiger charge is 2.24. The van der Waals surface area contributed by atoms with Crippen LogP contribution in [0.3, 0.4) is 0 Å². The topological polar surface area (TPSA) is 78.2 Å². The molecule has 9 nitrogen and oxygen atoms in total. The maximum absolute atomic E-state index is 14.6. The van der Waals surface area contributed by atoms with Crippen molar-refractivity contribution in [2.75, 3.05) is 65.8 Å². The van der Waals surface area contributed by atoms with Gasteiger partial charge in [-0.15, -0.1) is 0 Å². The van der Waals surface area contributed by atoms with Gasteiger partial charge in [0.15, 0.2) is 23.0 Å². The summed E-state index contributed by atoms with van der Waals surface area (Å²) in [6.45, 7) is 4.99. The second-order valence-corrected chi connectivity index (χ2v) is 10.6. The minimum Gasteiger partial charge on any atom is -0.494 e. The van der Waals surface area contributed by atoms with Crippen LogP contribution in [0.25, 0.3) is 16.9 Å². The second kappa shape index (κ2) is 12.0. The number of ether oxygens (including phenoxy) is 1. The molecule has 4 aromatic rings. The molecule has 5 rings (SSSR count). The molecule has 1 amide bonds. The van der Waals surface area contributed by atoms with Crippen LogP contribution in [0.15, 0.2) is 48.9 Å². The number of fused-ring (bicyclic) bond motifs is 1. The molecular formula is C28H30Cl2FN7O2. The molecule has 40 heavy (non-hydrogen) atoms. The van der Waals surface area contributed by atoms with Crippen molar-refractivity contribution >= 4 is 46.3 Å². The molecule has 0 aliphatic carbocycles. The van der Waals surface area contributed by atoms with Crippen molar-refractivity contribution in [2.45, 2.75) is 0 Å². The molecule has 0 unspecified atom stereocenters. The highest BCUT2D eigenvalue weighted by atomic mass is 35.5. The van der Waals surface area contributed by atoms with Gasteiger partial charge < -0.3 is 19.9 Å². The average molecular weight is 586 g/mol. The Labute approximate surface area is 242 Å². The van der Waals surface area contributed by atoms with Gasteiger partial charge in [0, 0.05) is 62.9 Å². The van der Waals surface area contributed by atoms with E-state index in [2.05, 4.69) is 39.2 Å². The maximum atomic E-state index is 14.6. The summed E-state index contributed by atoms with van der Waals surface area (Å²) in [5.41, 5.74) is 2.67. The van der Waals surface area contributed by atoms with E-state index < -0.39 is 5.82 Å². The summed E-state index contributed by atoms with van der Waals surface area (Å²) in [5, 5.41) is 3.52. The van der Waals surface area contributed by atoms with Gasteiger partial charge in [-0.05, 0) is 44.4 Å². The lowest BCUT2D eigenvalue weighted by molar-refractivity contribution is 0.0630. The fourth-order valence-electron chi connectivity index (χ4n) is 4.68. The number of rotatable bonds is 8. The molecule has 3 heterocycles. The van der Waals surface area contributed by atoms with Crippen molar-refractivity contribution in [3.05, 3.63) is 70.3 Å². The quantitative estimate of drug-likeness (QED) is 0.314. The van der Waals surface area contributed by atoms with Crippen LogP contribution in [0, 0.1) is 5.82 Å². The first-order valence-corrected chi connectivity index (χ1v) is 13.6. The van der Waals surface area contributed by atoms with Crippen LogP contribution in [0.4, 0.5) is 15.9 Å². The number of hydrogen-bond donors (Lipinski definition) is 1. The third kappa shape index (κ3) is 5.71. The molecule has 0 spiro atoms. The summed E-state index contributed by atoms with van der Waals surface area (Å²) in [5.74, 6) is -0.194. The van der Waals surface area contributed by atoms with E-state index >= 15 is 0 Å². The van der Waals surface area contributed by atoms with Crippen LogP contribution in [-0.4, -0.2) is 95.4 Å². The van der Waals surface area contributed by atoms with Gasteiger partial charge in [0.25, 0.3) is 5.91 Å². The Morgan fingerprint density at radius 2 is 1.90 bits per heavy atom. The lowest BCUT2D eigenvalue weighted by Gasteiger charge is -2.35. The zero-order chi connectivity index (χ0) is 28.4. The van der Waals surface area contributed by atoms with E-state index in [9.17, 15) is 9.18 Å². The fourth-order valence-corrected chi connectivity index (χ4v) is 5.20. The number of aromatic nitrogens is 3. The molecule has 210 valence electrons. The number of halogens is 3. The van der Waals surface area contributed by atoms with Gasteiger partial charge >= 0.3 is 0 Å². The molecule has 1 saturated heterocycles. The van der Waals surface area contributed by atoms with Gasteiger partial charge in [0.05, 0.1) is 34.6 Å². The zero-order valence-corrected chi connectivity index (χ0v) is 24.0. The first-order valence-electron chi connectivity index (χ1n) is 12.8. The molecule has 2 aromatic heterocycles. The summed E-state index contributed by atoms with van der Waals surface area (Å²) in [4.78, 5) is 28.5. The smallest absolute Gasteiger partial charge is 0.255 e. The molecule has 0 atom stereocenters. The zero-order valence-electron chi connectivity index (χ0n) is 22.5. The van der Waals surface area contributed by atoms with Gasteiger partial charge in [0.1, 0.15) is 0 Å². The molecular weight excluding hydrogens is 556 g/mol. The Morgan fingerprint density at radius 3 is 2.60 bits per heavy atom. The lowest BCUT2D eigenvalue weighted by atomic mass is 10.1. The number of likely N-dealkylation sites (N-methyl/N-ethyl adjacent to an activating group) is 1. The van der Waals surface area contributed by atoms with Gasteiger partial charge in [-0.25, -0.2) is 14.4 Å². The van der Waals surface area contributed by atoms with Crippen LogP contribution >= 0.6 is 23.2 Å². The lowest BCUT2D eigenvalue weighted by Crippen LogP contribution is -2.50. The Morgan fingerprint density at radius 1 is 1.12 bits per heavy atom. The van der Waals surface area contributed by atoms with Gasteiger partial charge in [-0.1, -0.05) is 23.2 Å². The largest absolute Gasteiger partial charge is 0.494 e. The van der Waals surface area contributed by atoms with Crippen LogP contribution < -0.4 is 10.1 Å². The number of nitrogens with zero attached hydrogens (tertiary/aromatic N) is 6. The van der Waals surface area contributed by atoms with Crippen molar-refractivity contribution < 1.29 is 13.9 Å². The normalized spacial score (nSPS) is 14.2. The highest BCUT2D eigenvalue weighted by molar-refractivity contribution is 6.34. The Hall–Kier alpha value is -3.44. The Bertz CT molecular complexity index is 1540. The van der Waals surface area contributed by atoms with E-state index in [1.54, 1.807) is 47.3 Å². The molecule has 1 aliphatic heterocycles. The number of nitrogens with one attached hydrogen (secondary N) is 1. The van der Waals surface area contributed by atoms with Gasteiger partial charge in [-0.2, -0.15) is 0 Å². The third-order valence-corrected chi connectivity index (χ3v) is 7.64. The van der Waals surface area contributed by atoms with Crippen molar-refractivity contribution in [3.8, 4) is 17.0 Å². The van der Waals surface area contributed by atoms with E-state index in [1.165, 1.54) is 13.2 Å². The maximum Gasteiger partial charge on any atom is 0.255 e. The highest BCUT2D eigenvalue weighted by Crippen LogP contribution is 2.36. The molecule has 2 aromatic carbocycles. The van der Waals surface area contributed by atoms with Gasteiger partial charge in [0.2, 0.25) is 0 Å². The number of carbonyl (C=O) groups is 1. The number of anilines is 2.